The van der Waals surface area contributed by atoms with E-state index >= 15 is 0 Å². The van der Waals surface area contributed by atoms with Gasteiger partial charge in [-0.1, -0.05) is 23.7 Å². The van der Waals surface area contributed by atoms with E-state index in [1.165, 1.54) is 6.08 Å². The minimum absolute atomic E-state index is 0.0927. The molecule has 0 unspecified atom stereocenters. The summed E-state index contributed by atoms with van der Waals surface area (Å²) in [5, 5.41) is 1.39. The van der Waals surface area contributed by atoms with Gasteiger partial charge in [-0.25, -0.2) is 24.8 Å². The van der Waals surface area contributed by atoms with E-state index < -0.39 is 18.2 Å². The van der Waals surface area contributed by atoms with Gasteiger partial charge in [-0.15, -0.1) is 0 Å². The van der Waals surface area contributed by atoms with E-state index in [1.807, 2.05) is 0 Å². The highest BCUT2D eigenvalue weighted by atomic mass is 35.5. The van der Waals surface area contributed by atoms with Crippen LogP contribution in [-0.2, 0) is 19.0 Å². The molecule has 0 fully saturated rings. The van der Waals surface area contributed by atoms with Crippen LogP contribution in [-0.4, -0.2) is 49.5 Å². The molecular formula is C18H23ClN2O6. The predicted octanol–water partition coefficient (Wildman–Crippen LogP) is 3.41. The number of carbonyl (C=O) groups is 3. The van der Waals surface area contributed by atoms with Crippen LogP contribution in [0, 0.1) is 0 Å². The summed E-state index contributed by atoms with van der Waals surface area (Å²) in [6, 6.07) is 6.73. The lowest BCUT2D eigenvalue weighted by Crippen LogP contribution is -2.48. The van der Waals surface area contributed by atoms with Crippen molar-refractivity contribution in [2.45, 2.75) is 20.8 Å². The van der Waals surface area contributed by atoms with Gasteiger partial charge in [0.05, 0.1) is 31.9 Å². The highest BCUT2D eigenvalue weighted by Crippen LogP contribution is 2.14. The fraction of sp³-hybridized carbons (Fsp3) is 0.389. The van der Waals surface area contributed by atoms with E-state index in [9.17, 15) is 14.4 Å². The first kappa shape index (κ1) is 22.3. The molecule has 0 aromatic heterocycles. The number of benzene rings is 1. The summed E-state index contributed by atoms with van der Waals surface area (Å²) in [5.41, 5.74) is 3.05. The largest absolute Gasteiger partial charge is 0.463 e. The Labute approximate surface area is 163 Å². The normalized spacial score (nSPS) is 10.7. The number of hydrogen-bond acceptors (Lipinski definition) is 6. The zero-order valence-electron chi connectivity index (χ0n) is 15.5. The summed E-state index contributed by atoms with van der Waals surface area (Å²) < 4.78 is 14.7. The topological polar surface area (TPSA) is 94.2 Å². The SMILES string of the molecule is CCOC(=O)NN(C/C(=C/c1ccc(Cl)cc1)C(=O)OCC)C(=O)OCC. The average Bonchev–Trinajstić information content (AvgIpc) is 2.62. The van der Waals surface area contributed by atoms with Gasteiger partial charge in [0.25, 0.3) is 0 Å². The molecule has 0 heterocycles. The highest BCUT2D eigenvalue weighted by molar-refractivity contribution is 6.30. The van der Waals surface area contributed by atoms with Gasteiger partial charge >= 0.3 is 18.2 Å². The molecule has 2 amide bonds. The monoisotopic (exact) mass is 398 g/mol. The Kier molecular flexibility index (Phi) is 9.74. The van der Waals surface area contributed by atoms with Crippen molar-refractivity contribution in [2.75, 3.05) is 26.4 Å². The summed E-state index contributed by atoms with van der Waals surface area (Å²) in [5.74, 6) is -0.632. The van der Waals surface area contributed by atoms with Crippen LogP contribution in [0.5, 0.6) is 0 Å². The Morgan fingerprint density at radius 2 is 1.59 bits per heavy atom. The van der Waals surface area contributed by atoms with Gasteiger partial charge in [0, 0.05) is 5.02 Å². The van der Waals surface area contributed by atoms with E-state index in [-0.39, 0.29) is 31.9 Å². The lowest BCUT2D eigenvalue weighted by molar-refractivity contribution is -0.138. The van der Waals surface area contributed by atoms with Crippen LogP contribution in [0.1, 0.15) is 26.3 Å². The third kappa shape index (κ3) is 8.00. The Morgan fingerprint density at radius 1 is 1.00 bits per heavy atom. The second-order valence-electron chi connectivity index (χ2n) is 5.06. The molecular weight excluding hydrogens is 376 g/mol. The van der Waals surface area contributed by atoms with Crippen LogP contribution < -0.4 is 5.43 Å². The first-order valence-corrected chi connectivity index (χ1v) is 8.79. The molecule has 0 saturated carbocycles. The number of ether oxygens (including phenoxy) is 3. The molecule has 0 atom stereocenters. The zero-order chi connectivity index (χ0) is 20.2. The third-order valence-electron chi connectivity index (χ3n) is 3.07. The van der Waals surface area contributed by atoms with Crippen molar-refractivity contribution >= 4 is 35.8 Å². The van der Waals surface area contributed by atoms with Crippen molar-refractivity contribution in [3.05, 3.63) is 40.4 Å². The number of hydrogen-bond donors (Lipinski definition) is 1. The number of amides is 2. The maximum atomic E-state index is 12.3. The molecule has 1 N–H and O–H groups in total. The zero-order valence-corrected chi connectivity index (χ0v) is 16.2. The van der Waals surface area contributed by atoms with Gasteiger partial charge in [-0.2, -0.15) is 0 Å². The fourth-order valence-corrected chi connectivity index (χ4v) is 2.07. The second kappa shape index (κ2) is 11.8. The van der Waals surface area contributed by atoms with Crippen molar-refractivity contribution in [1.82, 2.24) is 10.4 Å². The van der Waals surface area contributed by atoms with Gasteiger partial charge < -0.3 is 14.2 Å². The number of esters is 1. The fourth-order valence-electron chi connectivity index (χ4n) is 1.95. The van der Waals surface area contributed by atoms with Crippen molar-refractivity contribution < 1.29 is 28.6 Å². The summed E-state index contributed by atoms with van der Waals surface area (Å²) in [4.78, 5) is 36.1. The van der Waals surface area contributed by atoms with Gasteiger partial charge in [0.1, 0.15) is 0 Å². The lowest BCUT2D eigenvalue weighted by atomic mass is 10.1. The number of carbonyl (C=O) groups excluding carboxylic acids is 3. The van der Waals surface area contributed by atoms with Crippen LogP contribution in [0.25, 0.3) is 6.08 Å². The van der Waals surface area contributed by atoms with E-state index in [0.29, 0.717) is 10.6 Å². The number of hydrazine groups is 1. The van der Waals surface area contributed by atoms with E-state index in [0.717, 1.165) is 5.01 Å². The predicted molar refractivity (Wildman–Crippen MR) is 99.9 cm³/mol. The third-order valence-corrected chi connectivity index (χ3v) is 3.32. The molecule has 0 saturated heterocycles. The van der Waals surface area contributed by atoms with Crippen molar-refractivity contribution in [3.63, 3.8) is 0 Å². The summed E-state index contributed by atoms with van der Waals surface area (Å²) >= 11 is 5.87. The molecule has 0 aliphatic carbocycles. The van der Waals surface area contributed by atoms with Gasteiger partial charge in [0.15, 0.2) is 0 Å². The van der Waals surface area contributed by atoms with Crippen LogP contribution >= 0.6 is 11.6 Å². The molecule has 0 aliphatic heterocycles. The molecule has 0 aliphatic rings. The quantitative estimate of drug-likeness (QED) is 0.327. The number of rotatable bonds is 7. The summed E-state index contributed by atoms with van der Waals surface area (Å²) in [6.45, 7) is 5.00. The van der Waals surface area contributed by atoms with Gasteiger partial charge in [0.2, 0.25) is 0 Å². The van der Waals surface area contributed by atoms with Crippen LogP contribution in [0.2, 0.25) is 5.02 Å². The molecule has 0 radical (unpaired) electrons. The van der Waals surface area contributed by atoms with E-state index in [2.05, 4.69) is 5.43 Å². The Morgan fingerprint density at radius 3 is 2.15 bits per heavy atom. The van der Waals surface area contributed by atoms with Crippen LogP contribution in [0.3, 0.4) is 0 Å². The Hall–Kier alpha value is -2.74. The minimum Gasteiger partial charge on any atom is -0.463 e. The molecule has 1 aromatic carbocycles. The molecule has 9 heteroatoms. The standard InChI is InChI=1S/C18H23ClN2O6/c1-4-25-16(22)14(11-13-7-9-15(19)10-8-13)12-21(18(24)27-6-3)20-17(23)26-5-2/h7-11H,4-6,12H2,1-3H3,(H,20,23)/b14-11-. The molecule has 1 rings (SSSR count). The molecule has 0 bridgehead atoms. The number of halogens is 1. The van der Waals surface area contributed by atoms with Crippen LogP contribution in [0.15, 0.2) is 29.8 Å². The smallest absolute Gasteiger partial charge is 0.429 e. The molecule has 1 aromatic rings. The van der Waals surface area contributed by atoms with Crippen molar-refractivity contribution in [2.24, 2.45) is 0 Å². The first-order valence-electron chi connectivity index (χ1n) is 8.42. The number of nitrogens with zero attached hydrogens (tertiary/aromatic N) is 1. The molecule has 0 spiro atoms. The van der Waals surface area contributed by atoms with Crippen molar-refractivity contribution in [3.8, 4) is 0 Å². The molecule has 27 heavy (non-hydrogen) atoms. The minimum atomic E-state index is -0.847. The first-order chi connectivity index (χ1) is 12.9. The number of nitrogens with one attached hydrogen (secondary N) is 1. The molecule has 8 nitrogen and oxygen atoms in total. The molecule has 148 valence electrons. The van der Waals surface area contributed by atoms with Crippen LogP contribution in [0.4, 0.5) is 9.59 Å². The lowest BCUT2D eigenvalue weighted by Gasteiger charge is -2.22. The van der Waals surface area contributed by atoms with E-state index in [4.69, 9.17) is 25.8 Å². The van der Waals surface area contributed by atoms with Crippen molar-refractivity contribution in [1.29, 1.82) is 0 Å². The average molecular weight is 399 g/mol. The van der Waals surface area contributed by atoms with Gasteiger partial charge in [-0.05, 0) is 44.5 Å². The maximum Gasteiger partial charge on any atom is 0.429 e. The highest BCUT2D eigenvalue weighted by Gasteiger charge is 2.23. The Bertz CT molecular complexity index is 675. The summed E-state index contributed by atoms with van der Waals surface area (Å²) in [6.07, 6.45) is -0.148. The van der Waals surface area contributed by atoms with E-state index in [1.54, 1.807) is 45.0 Å². The maximum absolute atomic E-state index is 12.3. The van der Waals surface area contributed by atoms with Gasteiger partial charge in [-0.3, -0.25) is 0 Å². The Balaban J connectivity index is 3.11. The second-order valence-corrected chi connectivity index (χ2v) is 5.50. The summed E-state index contributed by atoms with van der Waals surface area (Å²) in [7, 11) is 0.